The lowest BCUT2D eigenvalue weighted by atomic mass is 10.0. The van der Waals surface area contributed by atoms with Crippen LogP contribution in [-0.2, 0) is 29.6 Å². The van der Waals surface area contributed by atoms with Crippen molar-refractivity contribution in [2.45, 2.75) is 39.3 Å². The largest absolute Gasteiger partial charge is 0.493 e. The lowest BCUT2D eigenvalue weighted by Crippen LogP contribution is -2.52. The quantitative estimate of drug-likeness (QED) is 0.227. The van der Waals surface area contributed by atoms with Crippen molar-refractivity contribution in [2.75, 3.05) is 14.2 Å². The van der Waals surface area contributed by atoms with E-state index in [9.17, 15) is 9.59 Å². The second kappa shape index (κ2) is 13.3. The third-order valence-corrected chi connectivity index (χ3v) is 5.82. The maximum Gasteiger partial charge on any atom is 0.242 e. The van der Waals surface area contributed by atoms with E-state index in [-0.39, 0.29) is 30.1 Å². The zero-order chi connectivity index (χ0) is 27.7. The first kappa shape index (κ1) is 28.2. The van der Waals surface area contributed by atoms with Crippen LogP contribution in [0.1, 0.15) is 31.4 Å². The number of carbonyl (C=O) groups excluding carboxylic acids is 2. The number of ether oxygens (including phenoxy) is 2. The van der Waals surface area contributed by atoms with Crippen molar-refractivity contribution in [1.82, 2.24) is 25.7 Å². The molecule has 4 N–H and O–H groups in total. The highest BCUT2D eigenvalue weighted by molar-refractivity contribution is 5.98. The summed E-state index contributed by atoms with van der Waals surface area (Å²) < 4.78 is 12.2. The van der Waals surface area contributed by atoms with E-state index >= 15 is 0 Å². The second-order valence-electron chi connectivity index (χ2n) is 9.41. The number of hydrogen-bond donors (Lipinski definition) is 4. The summed E-state index contributed by atoms with van der Waals surface area (Å²) in [4.78, 5) is 25.6. The molecule has 0 bridgehead atoms. The first-order valence-corrected chi connectivity index (χ1v) is 12.4. The minimum Gasteiger partial charge on any atom is -0.493 e. The molecule has 0 saturated carbocycles. The number of amides is 2. The molecule has 38 heavy (non-hydrogen) atoms. The van der Waals surface area contributed by atoms with Crippen LogP contribution in [0.25, 0.3) is 11.3 Å². The molecule has 202 valence electrons. The molecule has 0 fully saturated rings. The molecule has 0 aliphatic carbocycles. The SMILES string of the molecule is COc1ccc(CC(=O)NC(=N)N[C@H](CC(C)C)C(=O)NCc2cccc(-c3ccn(C)n3)c2)cc1OC. The minimum atomic E-state index is -0.678. The molecule has 2 aromatic carbocycles. The number of aromatic nitrogens is 2. The molecule has 3 rings (SSSR count). The van der Waals surface area contributed by atoms with E-state index in [1.54, 1.807) is 30.0 Å². The van der Waals surface area contributed by atoms with Crippen molar-refractivity contribution < 1.29 is 19.1 Å². The van der Waals surface area contributed by atoms with Crippen LogP contribution < -0.4 is 25.4 Å². The predicted octanol–water partition coefficient (Wildman–Crippen LogP) is 3.02. The molecular formula is C28H36N6O4. The number of carbonyl (C=O) groups is 2. The van der Waals surface area contributed by atoms with Crippen LogP contribution in [0.4, 0.5) is 0 Å². The Morgan fingerprint density at radius 3 is 2.45 bits per heavy atom. The van der Waals surface area contributed by atoms with Crippen molar-refractivity contribution in [3.05, 3.63) is 65.9 Å². The van der Waals surface area contributed by atoms with Gasteiger partial charge in [0.05, 0.1) is 26.3 Å². The standard InChI is InChI=1S/C28H36N6O4/c1-18(2)13-23(27(36)30-17-20-7-6-8-21(14-20)22-11-12-34(3)33-22)31-28(29)32-26(35)16-19-9-10-24(37-4)25(15-19)38-5/h6-12,14-15,18,23H,13,16-17H2,1-5H3,(H,30,36)(H3,29,31,32,35)/t23-/m1/s1. The van der Waals surface area contributed by atoms with Gasteiger partial charge in [-0.15, -0.1) is 0 Å². The summed E-state index contributed by atoms with van der Waals surface area (Å²) in [7, 11) is 4.93. The van der Waals surface area contributed by atoms with E-state index in [1.165, 1.54) is 7.11 Å². The molecule has 1 aromatic heterocycles. The van der Waals surface area contributed by atoms with Gasteiger partial charge >= 0.3 is 0 Å². The van der Waals surface area contributed by atoms with E-state index in [0.717, 1.165) is 16.8 Å². The highest BCUT2D eigenvalue weighted by atomic mass is 16.5. The Kier molecular flexibility index (Phi) is 9.86. The zero-order valence-corrected chi connectivity index (χ0v) is 22.5. The molecule has 1 atom stereocenters. The number of hydrogen-bond acceptors (Lipinski definition) is 6. The molecule has 1 heterocycles. The molecule has 0 unspecified atom stereocenters. The summed E-state index contributed by atoms with van der Waals surface area (Å²) in [6, 6.07) is 14.3. The minimum absolute atomic E-state index is 0.0398. The Bertz CT molecular complexity index is 1270. The van der Waals surface area contributed by atoms with Crippen LogP contribution in [-0.4, -0.2) is 47.8 Å². The summed E-state index contributed by atoms with van der Waals surface area (Å²) >= 11 is 0. The van der Waals surface area contributed by atoms with Gasteiger partial charge in [0.15, 0.2) is 17.5 Å². The number of methoxy groups -OCH3 is 2. The molecule has 3 aromatic rings. The fraction of sp³-hybridized carbons (Fsp3) is 0.357. The van der Waals surface area contributed by atoms with Gasteiger partial charge in [-0.2, -0.15) is 5.10 Å². The van der Waals surface area contributed by atoms with Crippen LogP contribution in [0.5, 0.6) is 11.5 Å². The van der Waals surface area contributed by atoms with Crippen molar-refractivity contribution in [3.63, 3.8) is 0 Å². The molecule has 2 amide bonds. The lowest BCUT2D eigenvalue weighted by Gasteiger charge is -2.22. The van der Waals surface area contributed by atoms with Gasteiger partial charge in [0.1, 0.15) is 6.04 Å². The monoisotopic (exact) mass is 520 g/mol. The van der Waals surface area contributed by atoms with Crippen LogP contribution in [0, 0.1) is 11.3 Å². The van der Waals surface area contributed by atoms with Crippen LogP contribution in [0.2, 0.25) is 0 Å². The number of nitrogens with zero attached hydrogens (tertiary/aromatic N) is 2. The molecule has 0 spiro atoms. The number of nitrogens with one attached hydrogen (secondary N) is 4. The highest BCUT2D eigenvalue weighted by Gasteiger charge is 2.21. The van der Waals surface area contributed by atoms with Crippen molar-refractivity contribution in [3.8, 4) is 22.8 Å². The Labute approximate surface area is 223 Å². The Balaban J connectivity index is 1.57. The smallest absolute Gasteiger partial charge is 0.242 e. The van der Waals surface area contributed by atoms with E-state index in [4.69, 9.17) is 14.9 Å². The number of aryl methyl sites for hydroxylation is 1. The van der Waals surface area contributed by atoms with Crippen molar-refractivity contribution >= 4 is 17.8 Å². The van der Waals surface area contributed by atoms with E-state index < -0.39 is 6.04 Å². The first-order chi connectivity index (χ1) is 18.2. The Morgan fingerprint density at radius 1 is 1.03 bits per heavy atom. The molecule has 10 heteroatoms. The molecule has 0 saturated heterocycles. The number of benzene rings is 2. The summed E-state index contributed by atoms with van der Waals surface area (Å²) in [5.41, 5.74) is 3.46. The molecular weight excluding hydrogens is 484 g/mol. The molecule has 0 aliphatic heterocycles. The van der Waals surface area contributed by atoms with Crippen LogP contribution in [0.3, 0.4) is 0 Å². The maximum atomic E-state index is 13.0. The summed E-state index contributed by atoms with van der Waals surface area (Å²) in [5, 5.41) is 21.0. The van der Waals surface area contributed by atoms with E-state index in [0.29, 0.717) is 30.0 Å². The van der Waals surface area contributed by atoms with Crippen LogP contribution in [0.15, 0.2) is 54.7 Å². The average molecular weight is 521 g/mol. The van der Waals surface area contributed by atoms with Gasteiger partial charge in [0.2, 0.25) is 11.8 Å². The fourth-order valence-corrected chi connectivity index (χ4v) is 3.99. The van der Waals surface area contributed by atoms with E-state index in [1.807, 2.05) is 57.4 Å². The number of rotatable bonds is 11. The highest BCUT2D eigenvalue weighted by Crippen LogP contribution is 2.27. The van der Waals surface area contributed by atoms with Crippen LogP contribution >= 0.6 is 0 Å². The zero-order valence-electron chi connectivity index (χ0n) is 22.5. The molecule has 10 nitrogen and oxygen atoms in total. The Morgan fingerprint density at radius 2 is 1.79 bits per heavy atom. The topological polar surface area (TPSA) is 130 Å². The van der Waals surface area contributed by atoms with Gasteiger partial charge in [-0.05, 0) is 47.7 Å². The summed E-state index contributed by atoms with van der Waals surface area (Å²) in [6.07, 6.45) is 2.42. The third-order valence-electron chi connectivity index (χ3n) is 5.82. The van der Waals surface area contributed by atoms with Gasteiger partial charge in [0.25, 0.3) is 0 Å². The van der Waals surface area contributed by atoms with Gasteiger partial charge in [-0.1, -0.05) is 38.1 Å². The normalized spacial score (nSPS) is 11.5. The fourth-order valence-electron chi connectivity index (χ4n) is 3.99. The molecule has 0 aliphatic rings. The molecule has 0 radical (unpaired) electrons. The second-order valence-corrected chi connectivity index (χ2v) is 9.41. The average Bonchev–Trinajstić information content (AvgIpc) is 3.32. The predicted molar refractivity (Wildman–Crippen MR) is 146 cm³/mol. The summed E-state index contributed by atoms with van der Waals surface area (Å²) in [6.45, 7) is 4.32. The Hall–Kier alpha value is -4.34. The van der Waals surface area contributed by atoms with Crippen molar-refractivity contribution in [2.24, 2.45) is 13.0 Å². The van der Waals surface area contributed by atoms with Gasteiger partial charge in [-0.25, -0.2) is 0 Å². The van der Waals surface area contributed by atoms with Crippen molar-refractivity contribution in [1.29, 1.82) is 5.41 Å². The maximum absolute atomic E-state index is 13.0. The summed E-state index contributed by atoms with van der Waals surface area (Å²) in [5.74, 6) is 0.419. The number of guanidine groups is 1. The third kappa shape index (κ3) is 8.09. The lowest BCUT2D eigenvalue weighted by molar-refractivity contribution is -0.123. The van der Waals surface area contributed by atoms with Gasteiger partial charge < -0.3 is 20.1 Å². The van der Waals surface area contributed by atoms with E-state index in [2.05, 4.69) is 21.0 Å². The van der Waals surface area contributed by atoms with Gasteiger partial charge in [0, 0.05) is 25.4 Å². The van der Waals surface area contributed by atoms with Gasteiger partial charge in [-0.3, -0.25) is 25.0 Å². The first-order valence-electron chi connectivity index (χ1n) is 12.4.